The highest BCUT2D eigenvalue weighted by Crippen LogP contribution is 2.63. The lowest BCUT2D eigenvalue weighted by atomic mass is 9.55. The SMILES string of the molecule is C=C[C@]1(C)CC[C@@H]2O[C@@H](c3ccc(O)cc3)[C@H]1C2(C)C. The monoisotopic (exact) mass is 272 g/mol. The summed E-state index contributed by atoms with van der Waals surface area (Å²) in [5.74, 6) is 0.733. The second kappa shape index (κ2) is 4.36. The lowest BCUT2D eigenvalue weighted by molar-refractivity contribution is 0.00924. The van der Waals surface area contributed by atoms with Gasteiger partial charge < -0.3 is 9.84 Å². The molecule has 1 saturated carbocycles. The van der Waals surface area contributed by atoms with Crippen LogP contribution >= 0.6 is 0 Å². The molecule has 1 N–H and O–H groups in total. The number of hydrogen-bond donors (Lipinski definition) is 1. The molecule has 2 heteroatoms. The maximum absolute atomic E-state index is 9.48. The van der Waals surface area contributed by atoms with E-state index in [1.54, 1.807) is 12.1 Å². The number of hydrogen-bond acceptors (Lipinski definition) is 2. The van der Waals surface area contributed by atoms with Crippen LogP contribution in [-0.2, 0) is 4.74 Å². The summed E-state index contributed by atoms with van der Waals surface area (Å²) >= 11 is 0. The Morgan fingerprint density at radius 3 is 2.50 bits per heavy atom. The zero-order valence-corrected chi connectivity index (χ0v) is 12.6. The van der Waals surface area contributed by atoms with Gasteiger partial charge in [-0.15, -0.1) is 6.58 Å². The van der Waals surface area contributed by atoms with Crippen LogP contribution in [0.3, 0.4) is 0 Å². The summed E-state index contributed by atoms with van der Waals surface area (Å²) in [6.07, 6.45) is 4.78. The molecule has 0 amide bonds. The Hall–Kier alpha value is -1.28. The average Bonchev–Trinajstić information content (AvgIpc) is 2.57. The third kappa shape index (κ3) is 1.81. The van der Waals surface area contributed by atoms with Crippen LogP contribution in [0.4, 0.5) is 0 Å². The van der Waals surface area contributed by atoms with Crippen molar-refractivity contribution in [1.29, 1.82) is 0 Å². The van der Waals surface area contributed by atoms with Crippen molar-refractivity contribution in [3.8, 4) is 5.75 Å². The van der Waals surface area contributed by atoms with E-state index in [2.05, 4.69) is 33.4 Å². The minimum absolute atomic E-state index is 0.0982. The van der Waals surface area contributed by atoms with Gasteiger partial charge in [0.05, 0.1) is 12.2 Å². The van der Waals surface area contributed by atoms with Gasteiger partial charge in [-0.25, -0.2) is 0 Å². The van der Waals surface area contributed by atoms with Crippen LogP contribution < -0.4 is 0 Å². The van der Waals surface area contributed by atoms with Gasteiger partial charge in [0, 0.05) is 5.92 Å². The smallest absolute Gasteiger partial charge is 0.115 e. The van der Waals surface area contributed by atoms with Gasteiger partial charge in [0.25, 0.3) is 0 Å². The number of fused-ring (bicyclic) bond motifs is 2. The highest BCUT2D eigenvalue weighted by atomic mass is 16.5. The summed E-state index contributed by atoms with van der Waals surface area (Å²) in [5.41, 5.74) is 1.43. The molecule has 1 aromatic rings. The predicted octanol–water partition coefficient (Wildman–Crippen LogP) is 4.46. The van der Waals surface area contributed by atoms with Gasteiger partial charge in [-0.3, -0.25) is 0 Å². The molecule has 2 fully saturated rings. The van der Waals surface area contributed by atoms with Crippen LogP contribution in [0.15, 0.2) is 36.9 Å². The number of ether oxygens (including phenoxy) is 1. The summed E-state index contributed by atoms with van der Waals surface area (Å²) < 4.78 is 6.39. The third-order valence-electron chi connectivity index (χ3n) is 5.59. The summed E-state index contributed by atoms with van der Waals surface area (Å²) in [6.45, 7) is 11.0. The Balaban J connectivity index is 2.04. The molecule has 2 nitrogen and oxygen atoms in total. The number of rotatable bonds is 2. The highest BCUT2D eigenvalue weighted by molar-refractivity contribution is 5.30. The van der Waals surface area contributed by atoms with Crippen molar-refractivity contribution >= 4 is 0 Å². The topological polar surface area (TPSA) is 29.5 Å². The van der Waals surface area contributed by atoms with Crippen LogP contribution in [0.5, 0.6) is 5.75 Å². The highest BCUT2D eigenvalue weighted by Gasteiger charge is 2.59. The van der Waals surface area contributed by atoms with Gasteiger partial charge in [-0.1, -0.05) is 39.0 Å². The van der Waals surface area contributed by atoms with E-state index in [9.17, 15) is 5.11 Å². The molecule has 20 heavy (non-hydrogen) atoms. The molecule has 1 aliphatic carbocycles. The normalized spacial score (nSPS) is 38.6. The Kier molecular flexibility index (Phi) is 2.98. The fourth-order valence-corrected chi connectivity index (χ4v) is 4.42. The molecule has 108 valence electrons. The minimum atomic E-state index is 0.0982. The third-order valence-corrected chi connectivity index (χ3v) is 5.59. The van der Waals surface area contributed by atoms with Crippen LogP contribution in [0, 0.1) is 16.7 Å². The van der Waals surface area contributed by atoms with Crippen molar-refractivity contribution in [2.45, 2.75) is 45.8 Å². The quantitative estimate of drug-likeness (QED) is 0.805. The first-order valence-corrected chi connectivity index (χ1v) is 7.46. The number of phenols is 1. The second-order valence-electron chi connectivity index (χ2n) is 7.18. The van der Waals surface area contributed by atoms with Crippen LogP contribution in [0.1, 0.15) is 45.3 Å². The van der Waals surface area contributed by atoms with Gasteiger partial charge in [-0.2, -0.15) is 0 Å². The van der Waals surface area contributed by atoms with Gasteiger partial charge >= 0.3 is 0 Å². The maximum atomic E-state index is 9.48. The van der Waals surface area contributed by atoms with Gasteiger partial charge in [0.15, 0.2) is 0 Å². The van der Waals surface area contributed by atoms with Crippen molar-refractivity contribution < 1.29 is 9.84 Å². The van der Waals surface area contributed by atoms with Crippen molar-refractivity contribution in [2.24, 2.45) is 16.7 Å². The fourth-order valence-electron chi connectivity index (χ4n) is 4.42. The summed E-state index contributed by atoms with van der Waals surface area (Å²) in [5, 5.41) is 9.48. The fraction of sp³-hybridized carbons (Fsp3) is 0.556. The lowest BCUT2D eigenvalue weighted by Crippen LogP contribution is -2.44. The lowest BCUT2D eigenvalue weighted by Gasteiger charge is -2.47. The van der Waals surface area contributed by atoms with E-state index in [0.29, 0.717) is 17.8 Å². The largest absolute Gasteiger partial charge is 0.508 e. The van der Waals surface area contributed by atoms with Crippen molar-refractivity contribution in [3.63, 3.8) is 0 Å². The number of benzene rings is 1. The van der Waals surface area contributed by atoms with E-state index in [1.165, 1.54) is 5.56 Å². The molecule has 1 saturated heterocycles. The average molecular weight is 272 g/mol. The van der Waals surface area contributed by atoms with Crippen LogP contribution in [0.25, 0.3) is 0 Å². The van der Waals surface area contributed by atoms with E-state index in [0.717, 1.165) is 12.8 Å². The molecular formula is C18H24O2. The Morgan fingerprint density at radius 1 is 1.25 bits per heavy atom. The molecule has 2 bridgehead atoms. The van der Waals surface area contributed by atoms with E-state index >= 15 is 0 Å². The molecule has 0 unspecified atom stereocenters. The Labute approximate surface area is 121 Å². The predicted molar refractivity (Wildman–Crippen MR) is 80.5 cm³/mol. The van der Waals surface area contributed by atoms with Gasteiger partial charge in [0.2, 0.25) is 0 Å². The molecule has 0 spiro atoms. The zero-order chi connectivity index (χ0) is 14.5. The Bertz CT molecular complexity index is 517. The van der Waals surface area contributed by atoms with Crippen LogP contribution in [0.2, 0.25) is 0 Å². The van der Waals surface area contributed by atoms with E-state index < -0.39 is 0 Å². The first-order valence-electron chi connectivity index (χ1n) is 7.46. The molecule has 3 rings (SSSR count). The molecule has 1 aromatic carbocycles. The molecule has 1 heterocycles. The Morgan fingerprint density at radius 2 is 1.90 bits per heavy atom. The first-order chi connectivity index (χ1) is 9.38. The summed E-state index contributed by atoms with van der Waals surface area (Å²) in [7, 11) is 0. The van der Waals surface area contributed by atoms with Gasteiger partial charge in [0.1, 0.15) is 5.75 Å². The van der Waals surface area contributed by atoms with Crippen LogP contribution in [-0.4, -0.2) is 11.2 Å². The minimum Gasteiger partial charge on any atom is -0.508 e. The summed E-state index contributed by atoms with van der Waals surface area (Å²) in [6, 6.07) is 7.47. The summed E-state index contributed by atoms with van der Waals surface area (Å²) in [4.78, 5) is 0. The molecule has 2 aliphatic rings. The van der Waals surface area contributed by atoms with Gasteiger partial charge in [-0.05, 0) is 41.4 Å². The number of aromatic hydroxyl groups is 1. The van der Waals surface area contributed by atoms with Crippen molar-refractivity contribution in [2.75, 3.05) is 0 Å². The maximum Gasteiger partial charge on any atom is 0.115 e. The number of allylic oxidation sites excluding steroid dienone is 1. The number of phenolic OH excluding ortho intramolecular Hbond substituents is 1. The van der Waals surface area contributed by atoms with Crippen molar-refractivity contribution in [3.05, 3.63) is 42.5 Å². The van der Waals surface area contributed by atoms with E-state index in [-0.39, 0.29) is 16.9 Å². The van der Waals surface area contributed by atoms with E-state index in [1.807, 2.05) is 12.1 Å². The molecular weight excluding hydrogens is 248 g/mol. The first kappa shape index (κ1) is 13.7. The second-order valence-corrected chi connectivity index (χ2v) is 7.18. The standard InChI is InChI=1S/C18H24O2/c1-5-18(4)11-10-14-17(2,3)16(18)15(20-14)12-6-8-13(19)9-7-12/h5-9,14-16,19H,1,10-11H2,2-4H3/t14-,15-,16-,18+/m0/s1. The van der Waals surface area contributed by atoms with E-state index in [4.69, 9.17) is 4.74 Å². The molecule has 1 aliphatic heterocycles. The molecule has 4 atom stereocenters. The molecule has 0 aromatic heterocycles. The zero-order valence-electron chi connectivity index (χ0n) is 12.6. The molecule has 0 radical (unpaired) electrons. The van der Waals surface area contributed by atoms with Crippen molar-refractivity contribution in [1.82, 2.24) is 0 Å².